The topological polar surface area (TPSA) is 40.5 Å². The van der Waals surface area contributed by atoms with E-state index >= 15 is 0 Å². The number of piperidine rings is 1. The molecule has 1 aromatic carbocycles. The molecular formula is C16H20FNO2. The molecule has 2 fully saturated rings. The first-order valence-corrected chi connectivity index (χ1v) is 7.46. The van der Waals surface area contributed by atoms with E-state index in [9.17, 15) is 14.3 Å². The van der Waals surface area contributed by atoms with Crippen molar-refractivity contribution in [3.8, 4) is 5.75 Å². The number of fused-ring (bicyclic) bond motifs is 1. The number of carbonyl (C=O) groups is 1. The van der Waals surface area contributed by atoms with Crippen molar-refractivity contribution in [1.82, 2.24) is 4.90 Å². The van der Waals surface area contributed by atoms with Crippen LogP contribution in [0.4, 0.5) is 4.39 Å². The molecule has 1 aliphatic carbocycles. The van der Waals surface area contributed by atoms with Gasteiger partial charge in [0.15, 0.2) is 0 Å². The maximum atomic E-state index is 13.9. The number of halogens is 1. The molecule has 1 amide bonds. The second kappa shape index (κ2) is 5.43. The summed E-state index contributed by atoms with van der Waals surface area (Å²) in [6.07, 6.45) is 6.82. The molecule has 0 radical (unpaired) electrons. The highest BCUT2D eigenvalue weighted by atomic mass is 19.1. The molecule has 20 heavy (non-hydrogen) atoms. The van der Waals surface area contributed by atoms with Crippen LogP contribution in [-0.4, -0.2) is 28.5 Å². The highest BCUT2D eigenvalue weighted by molar-refractivity contribution is 5.95. The minimum atomic E-state index is -0.632. The number of phenolic OH excluding ortho intramolecular Hbond substituents is 1. The van der Waals surface area contributed by atoms with Crippen molar-refractivity contribution in [2.75, 3.05) is 6.54 Å². The zero-order valence-corrected chi connectivity index (χ0v) is 11.5. The summed E-state index contributed by atoms with van der Waals surface area (Å²) in [5.74, 6) is -0.415. The molecule has 1 N–H and O–H groups in total. The van der Waals surface area contributed by atoms with Gasteiger partial charge < -0.3 is 10.0 Å². The van der Waals surface area contributed by atoms with Crippen LogP contribution in [0, 0.1) is 11.7 Å². The third-order valence-electron chi connectivity index (χ3n) is 4.69. The Kier molecular flexibility index (Phi) is 3.64. The number of nitrogens with zero attached hydrogens (tertiary/aromatic N) is 1. The van der Waals surface area contributed by atoms with Gasteiger partial charge in [0.25, 0.3) is 5.91 Å². The lowest BCUT2D eigenvalue weighted by atomic mass is 9.78. The Morgan fingerprint density at radius 2 is 1.95 bits per heavy atom. The molecule has 2 unspecified atom stereocenters. The fourth-order valence-electron chi connectivity index (χ4n) is 3.71. The van der Waals surface area contributed by atoms with Crippen molar-refractivity contribution in [3.63, 3.8) is 0 Å². The lowest BCUT2D eigenvalue weighted by molar-refractivity contribution is 0.0386. The third kappa shape index (κ3) is 2.39. The van der Waals surface area contributed by atoms with Gasteiger partial charge in [0.1, 0.15) is 11.6 Å². The molecule has 1 heterocycles. The summed E-state index contributed by atoms with van der Waals surface area (Å²) >= 11 is 0. The number of benzene rings is 1. The van der Waals surface area contributed by atoms with Crippen LogP contribution in [0.15, 0.2) is 18.2 Å². The fourth-order valence-corrected chi connectivity index (χ4v) is 3.71. The maximum Gasteiger partial charge on any atom is 0.257 e. The summed E-state index contributed by atoms with van der Waals surface area (Å²) in [5, 5.41) is 9.25. The average molecular weight is 277 g/mol. The molecule has 1 aromatic rings. The Hall–Kier alpha value is -1.58. The van der Waals surface area contributed by atoms with Gasteiger partial charge in [0.2, 0.25) is 0 Å². The van der Waals surface area contributed by atoms with Crippen LogP contribution in [-0.2, 0) is 0 Å². The Bertz CT molecular complexity index is 515. The molecule has 4 heteroatoms. The SMILES string of the molecule is O=C(c1ccc(O)cc1F)N1CCCC2CCCCC21. The van der Waals surface area contributed by atoms with E-state index in [-0.39, 0.29) is 23.3 Å². The molecule has 1 saturated carbocycles. The largest absolute Gasteiger partial charge is 0.508 e. The standard InChI is InChI=1S/C16H20FNO2/c17-14-10-12(19)7-8-13(14)16(20)18-9-3-5-11-4-1-2-6-15(11)18/h7-8,10-11,15,19H,1-6,9H2. The number of rotatable bonds is 1. The normalized spacial score (nSPS) is 26.1. The monoisotopic (exact) mass is 277 g/mol. The number of likely N-dealkylation sites (tertiary alicyclic amines) is 1. The van der Waals surface area contributed by atoms with Crippen molar-refractivity contribution in [2.24, 2.45) is 5.92 Å². The zero-order valence-electron chi connectivity index (χ0n) is 11.5. The first-order chi connectivity index (χ1) is 9.66. The molecule has 2 atom stereocenters. The molecule has 1 saturated heterocycles. The third-order valence-corrected chi connectivity index (χ3v) is 4.69. The molecule has 0 bridgehead atoms. The lowest BCUT2D eigenvalue weighted by Crippen LogP contribution is -2.49. The number of amides is 1. The lowest BCUT2D eigenvalue weighted by Gasteiger charge is -2.44. The first kappa shape index (κ1) is 13.4. The van der Waals surface area contributed by atoms with Crippen LogP contribution >= 0.6 is 0 Å². The van der Waals surface area contributed by atoms with E-state index in [1.165, 1.54) is 31.4 Å². The summed E-state index contributed by atoms with van der Waals surface area (Å²) in [5.41, 5.74) is 0.0778. The quantitative estimate of drug-likeness (QED) is 0.855. The second-order valence-electron chi connectivity index (χ2n) is 5.92. The van der Waals surface area contributed by atoms with Crippen LogP contribution in [0.2, 0.25) is 0 Å². The van der Waals surface area contributed by atoms with Crippen molar-refractivity contribution in [3.05, 3.63) is 29.6 Å². The Morgan fingerprint density at radius 3 is 2.75 bits per heavy atom. The van der Waals surface area contributed by atoms with E-state index in [0.29, 0.717) is 5.92 Å². The summed E-state index contributed by atoms with van der Waals surface area (Å²) < 4.78 is 13.9. The van der Waals surface area contributed by atoms with Gasteiger partial charge in [0, 0.05) is 18.7 Å². The van der Waals surface area contributed by atoms with E-state index in [1.54, 1.807) is 0 Å². The predicted molar refractivity (Wildman–Crippen MR) is 74.1 cm³/mol. The van der Waals surface area contributed by atoms with Crippen molar-refractivity contribution >= 4 is 5.91 Å². The molecule has 2 aliphatic rings. The number of phenols is 1. The van der Waals surface area contributed by atoms with E-state index in [4.69, 9.17) is 0 Å². The minimum absolute atomic E-state index is 0.0778. The van der Waals surface area contributed by atoms with Crippen LogP contribution in [0.5, 0.6) is 5.75 Å². The van der Waals surface area contributed by atoms with Crippen molar-refractivity contribution in [2.45, 2.75) is 44.6 Å². The zero-order chi connectivity index (χ0) is 14.1. The maximum absolute atomic E-state index is 13.9. The van der Waals surface area contributed by atoms with Gasteiger partial charge in [-0.1, -0.05) is 12.8 Å². The van der Waals surface area contributed by atoms with Crippen molar-refractivity contribution in [1.29, 1.82) is 0 Å². The first-order valence-electron chi connectivity index (χ1n) is 7.46. The van der Waals surface area contributed by atoms with E-state index in [1.807, 2.05) is 4.90 Å². The van der Waals surface area contributed by atoms with Gasteiger partial charge >= 0.3 is 0 Å². The fraction of sp³-hybridized carbons (Fsp3) is 0.562. The van der Waals surface area contributed by atoms with Gasteiger partial charge in [-0.05, 0) is 43.7 Å². The number of hydrogen-bond acceptors (Lipinski definition) is 2. The van der Waals surface area contributed by atoms with Gasteiger partial charge in [-0.3, -0.25) is 4.79 Å². The predicted octanol–water partition coefficient (Wildman–Crippen LogP) is 3.33. The van der Waals surface area contributed by atoms with Gasteiger partial charge in [0.05, 0.1) is 5.56 Å². The molecule has 3 nitrogen and oxygen atoms in total. The van der Waals surface area contributed by atoms with Gasteiger partial charge in [-0.15, -0.1) is 0 Å². The minimum Gasteiger partial charge on any atom is -0.508 e. The van der Waals surface area contributed by atoms with E-state index in [2.05, 4.69) is 0 Å². The van der Waals surface area contributed by atoms with Crippen LogP contribution < -0.4 is 0 Å². The summed E-state index contributed by atoms with van der Waals surface area (Å²) in [4.78, 5) is 14.5. The Labute approximate surface area is 118 Å². The summed E-state index contributed by atoms with van der Waals surface area (Å²) in [6.45, 7) is 0.723. The Balaban J connectivity index is 1.85. The van der Waals surface area contributed by atoms with E-state index < -0.39 is 5.82 Å². The highest BCUT2D eigenvalue weighted by Crippen LogP contribution is 2.36. The van der Waals surface area contributed by atoms with Crippen LogP contribution in [0.25, 0.3) is 0 Å². The average Bonchev–Trinajstić information content (AvgIpc) is 2.46. The molecule has 1 aliphatic heterocycles. The second-order valence-corrected chi connectivity index (χ2v) is 5.92. The number of aromatic hydroxyl groups is 1. The molecule has 3 rings (SSSR count). The molecule has 0 spiro atoms. The smallest absolute Gasteiger partial charge is 0.257 e. The Morgan fingerprint density at radius 1 is 1.20 bits per heavy atom. The van der Waals surface area contributed by atoms with Crippen LogP contribution in [0.3, 0.4) is 0 Å². The van der Waals surface area contributed by atoms with E-state index in [0.717, 1.165) is 31.9 Å². The van der Waals surface area contributed by atoms with Gasteiger partial charge in [-0.25, -0.2) is 4.39 Å². The summed E-state index contributed by atoms with van der Waals surface area (Å²) in [6, 6.07) is 4.05. The highest BCUT2D eigenvalue weighted by Gasteiger charge is 2.36. The molecular weight excluding hydrogens is 257 g/mol. The molecule has 0 aromatic heterocycles. The van der Waals surface area contributed by atoms with Crippen LogP contribution in [0.1, 0.15) is 48.9 Å². The molecule has 108 valence electrons. The van der Waals surface area contributed by atoms with Crippen molar-refractivity contribution < 1.29 is 14.3 Å². The number of carbonyl (C=O) groups excluding carboxylic acids is 1. The van der Waals surface area contributed by atoms with Gasteiger partial charge in [-0.2, -0.15) is 0 Å². The number of hydrogen-bond donors (Lipinski definition) is 1. The summed E-state index contributed by atoms with van der Waals surface area (Å²) in [7, 11) is 0.